The van der Waals surface area contributed by atoms with Crippen LogP contribution in [-0.4, -0.2) is 25.8 Å². The molecule has 6 heteroatoms. The van der Waals surface area contributed by atoms with Crippen LogP contribution in [0.3, 0.4) is 0 Å². The molecule has 0 aromatic heterocycles. The van der Waals surface area contributed by atoms with Gasteiger partial charge in [-0.05, 0) is 30.4 Å². The fourth-order valence-corrected chi connectivity index (χ4v) is 1.96. The highest BCUT2D eigenvalue weighted by Crippen LogP contribution is 2.18. The Balaban J connectivity index is 1.81. The number of hydrazone groups is 1. The summed E-state index contributed by atoms with van der Waals surface area (Å²) in [5.41, 5.74) is 3.62. The van der Waals surface area contributed by atoms with Crippen molar-refractivity contribution >= 4 is 18.2 Å². The van der Waals surface area contributed by atoms with E-state index in [2.05, 4.69) is 10.5 Å². The van der Waals surface area contributed by atoms with E-state index in [-0.39, 0.29) is 6.61 Å². The van der Waals surface area contributed by atoms with E-state index in [0.29, 0.717) is 11.3 Å². The maximum Gasteiger partial charge on any atom is 0.277 e. The maximum absolute atomic E-state index is 11.7. The highest BCUT2D eigenvalue weighted by Gasteiger charge is 2.05. The Labute approximate surface area is 146 Å². The third kappa shape index (κ3) is 5.52. The van der Waals surface area contributed by atoms with Gasteiger partial charge in [0.1, 0.15) is 17.6 Å². The number of hydrogen-bond acceptors (Lipinski definition) is 5. The number of para-hydroxylation sites is 2. The molecule has 0 aliphatic rings. The zero-order chi connectivity index (χ0) is 17.9. The Morgan fingerprint density at radius 2 is 1.92 bits per heavy atom. The minimum atomic E-state index is -0.422. The van der Waals surface area contributed by atoms with Gasteiger partial charge in [-0.1, -0.05) is 30.3 Å². The Hall–Kier alpha value is -3.59. The molecule has 2 rings (SSSR count). The first-order valence-corrected chi connectivity index (χ1v) is 7.48. The monoisotopic (exact) mass is 335 g/mol. The Morgan fingerprint density at radius 1 is 1.20 bits per heavy atom. The first kappa shape index (κ1) is 17.8. The molecule has 0 bridgehead atoms. The van der Waals surface area contributed by atoms with Crippen LogP contribution in [0.5, 0.6) is 11.5 Å². The van der Waals surface area contributed by atoms with E-state index in [4.69, 9.17) is 14.7 Å². The summed E-state index contributed by atoms with van der Waals surface area (Å²) in [6.07, 6.45) is 4.95. The van der Waals surface area contributed by atoms with Crippen LogP contribution in [-0.2, 0) is 4.79 Å². The third-order valence-electron chi connectivity index (χ3n) is 3.13. The van der Waals surface area contributed by atoms with Gasteiger partial charge in [0, 0.05) is 11.8 Å². The molecular weight excluding hydrogens is 318 g/mol. The topological polar surface area (TPSA) is 83.7 Å². The van der Waals surface area contributed by atoms with Gasteiger partial charge >= 0.3 is 0 Å². The summed E-state index contributed by atoms with van der Waals surface area (Å²) in [6.45, 7) is -0.230. The summed E-state index contributed by atoms with van der Waals surface area (Å²) in [5.74, 6) is 0.690. The SMILES string of the molecule is COc1ccccc1/C=C/C=N\NC(=O)COc1ccccc1C#N. The molecule has 0 atom stereocenters. The molecule has 0 saturated heterocycles. The lowest BCUT2D eigenvalue weighted by Crippen LogP contribution is -2.24. The van der Waals surface area contributed by atoms with Crippen molar-refractivity contribution in [3.63, 3.8) is 0 Å². The van der Waals surface area contributed by atoms with Crippen LogP contribution >= 0.6 is 0 Å². The Kier molecular flexibility index (Phi) is 6.77. The molecule has 6 nitrogen and oxygen atoms in total. The number of rotatable bonds is 7. The number of nitrogens with one attached hydrogen (secondary N) is 1. The van der Waals surface area contributed by atoms with Crippen molar-refractivity contribution in [1.29, 1.82) is 5.26 Å². The molecule has 0 saturated carbocycles. The number of amides is 1. The van der Waals surface area contributed by atoms with Crippen molar-refractivity contribution in [3.05, 3.63) is 65.7 Å². The molecule has 2 aromatic rings. The van der Waals surface area contributed by atoms with E-state index in [1.54, 1.807) is 37.5 Å². The predicted molar refractivity (Wildman–Crippen MR) is 95.3 cm³/mol. The number of hydrogen-bond donors (Lipinski definition) is 1. The van der Waals surface area contributed by atoms with Crippen molar-refractivity contribution in [2.45, 2.75) is 0 Å². The lowest BCUT2D eigenvalue weighted by molar-refractivity contribution is -0.123. The molecular formula is C19H17N3O3. The number of carbonyl (C=O) groups is 1. The second-order valence-electron chi connectivity index (χ2n) is 4.81. The highest BCUT2D eigenvalue weighted by molar-refractivity contribution is 5.82. The first-order chi connectivity index (χ1) is 12.2. The maximum atomic E-state index is 11.7. The summed E-state index contributed by atoms with van der Waals surface area (Å²) >= 11 is 0. The summed E-state index contributed by atoms with van der Waals surface area (Å²) in [7, 11) is 1.60. The average molecular weight is 335 g/mol. The van der Waals surface area contributed by atoms with Gasteiger partial charge in [-0.25, -0.2) is 5.43 Å². The summed E-state index contributed by atoms with van der Waals surface area (Å²) in [6, 6.07) is 16.2. The number of methoxy groups -OCH3 is 1. The molecule has 0 fully saturated rings. The average Bonchev–Trinajstić information content (AvgIpc) is 2.66. The molecule has 0 heterocycles. The summed E-state index contributed by atoms with van der Waals surface area (Å²) in [4.78, 5) is 11.7. The highest BCUT2D eigenvalue weighted by atomic mass is 16.5. The largest absolute Gasteiger partial charge is 0.496 e. The van der Waals surface area contributed by atoms with Crippen molar-refractivity contribution in [2.75, 3.05) is 13.7 Å². The smallest absolute Gasteiger partial charge is 0.277 e. The fraction of sp³-hybridized carbons (Fsp3) is 0.105. The van der Waals surface area contributed by atoms with E-state index in [0.717, 1.165) is 11.3 Å². The second-order valence-corrected chi connectivity index (χ2v) is 4.81. The fourth-order valence-electron chi connectivity index (χ4n) is 1.96. The van der Waals surface area contributed by atoms with E-state index in [1.165, 1.54) is 6.21 Å². The third-order valence-corrected chi connectivity index (χ3v) is 3.13. The quantitative estimate of drug-likeness (QED) is 0.623. The molecule has 2 aromatic carbocycles. The van der Waals surface area contributed by atoms with Crippen LogP contribution in [0.25, 0.3) is 6.08 Å². The lowest BCUT2D eigenvalue weighted by atomic mass is 10.2. The zero-order valence-electron chi connectivity index (χ0n) is 13.7. The molecule has 1 N–H and O–H groups in total. The molecule has 0 aliphatic heterocycles. The van der Waals surface area contributed by atoms with Gasteiger partial charge in [0.05, 0.1) is 12.7 Å². The summed E-state index contributed by atoms with van der Waals surface area (Å²) in [5, 5.41) is 12.7. The van der Waals surface area contributed by atoms with Crippen molar-refractivity contribution in [2.24, 2.45) is 5.10 Å². The number of nitrogens with zero attached hydrogens (tertiary/aromatic N) is 2. The van der Waals surface area contributed by atoms with Gasteiger partial charge in [-0.3, -0.25) is 4.79 Å². The second kappa shape index (κ2) is 9.53. The van der Waals surface area contributed by atoms with Crippen LogP contribution in [0, 0.1) is 11.3 Å². The Bertz CT molecular complexity index is 823. The predicted octanol–water partition coefficient (Wildman–Crippen LogP) is 2.76. The van der Waals surface area contributed by atoms with Crippen molar-refractivity contribution in [3.8, 4) is 17.6 Å². The first-order valence-electron chi connectivity index (χ1n) is 7.48. The molecule has 0 aliphatic carbocycles. The molecule has 0 spiro atoms. The minimum Gasteiger partial charge on any atom is -0.496 e. The number of allylic oxidation sites excluding steroid dienone is 1. The van der Waals surface area contributed by atoms with Gasteiger partial charge in [-0.2, -0.15) is 10.4 Å². The van der Waals surface area contributed by atoms with Crippen molar-refractivity contribution < 1.29 is 14.3 Å². The number of ether oxygens (including phenoxy) is 2. The standard InChI is InChI=1S/C19H17N3O3/c1-24-17-10-4-2-7-15(17)9-6-12-21-22-19(23)14-25-18-11-5-3-8-16(18)13-20/h2-12H,14H2,1H3,(H,22,23)/b9-6+,21-12-. The van der Waals surface area contributed by atoms with Crippen LogP contribution < -0.4 is 14.9 Å². The summed E-state index contributed by atoms with van der Waals surface area (Å²) < 4.78 is 10.5. The number of nitriles is 1. The van der Waals surface area contributed by atoms with E-state index >= 15 is 0 Å². The molecule has 0 unspecified atom stereocenters. The van der Waals surface area contributed by atoms with Gasteiger partial charge in [0.15, 0.2) is 6.61 Å². The van der Waals surface area contributed by atoms with Crippen LogP contribution in [0.15, 0.2) is 59.7 Å². The number of carbonyl (C=O) groups excluding carboxylic acids is 1. The van der Waals surface area contributed by atoms with E-state index in [9.17, 15) is 4.79 Å². The number of benzene rings is 2. The van der Waals surface area contributed by atoms with Crippen LogP contribution in [0.2, 0.25) is 0 Å². The lowest BCUT2D eigenvalue weighted by Gasteiger charge is -2.05. The minimum absolute atomic E-state index is 0.230. The van der Waals surface area contributed by atoms with Crippen LogP contribution in [0.1, 0.15) is 11.1 Å². The Morgan fingerprint density at radius 3 is 2.68 bits per heavy atom. The van der Waals surface area contributed by atoms with Crippen molar-refractivity contribution in [1.82, 2.24) is 5.43 Å². The molecule has 0 radical (unpaired) electrons. The van der Waals surface area contributed by atoms with Crippen LogP contribution in [0.4, 0.5) is 0 Å². The van der Waals surface area contributed by atoms with Gasteiger partial charge in [0.25, 0.3) is 5.91 Å². The molecule has 126 valence electrons. The van der Waals surface area contributed by atoms with Gasteiger partial charge in [-0.15, -0.1) is 0 Å². The zero-order valence-corrected chi connectivity index (χ0v) is 13.7. The normalized spacial score (nSPS) is 10.6. The van der Waals surface area contributed by atoms with E-state index < -0.39 is 5.91 Å². The van der Waals surface area contributed by atoms with Gasteiger partial charge in [0.2, 0.25) is 0 Å². The molecule has 25 heavy (non-hydrogen) atoms. The molecule has 1 amide bonds. The van der Waals surface area contributed by atoms with E-state index in [1.807, 2.05) is 36.4 Å². The van der Waals surface area contributed by atoms with Gasteiger partial charge < -0.3 is 9.47 Å².